The van der Waals surface area contributed by atoms with Crippen LogP contribution in [0.1, 0.15) is 162 Å². The van der Waals surface area contributed by atoms with Crippen molar-refractivity contribution in [1.29, 1.82) is 0 Å². The minimum atomic E-state index is 0.413. The number of aliphatic hydroxyl groups is 1. The maximum atomic E-state index is 11.3. The molecule has 3 N–H and O–H groups in total. The largest absolute Gasteiger partial charge is 0.403 e. The van der Waals surface area contributed by atoms with Gasteiger partial charge in [0.2, 0.25) is 0 Å². The van der Waals surface area contributed by atoms with E-state index in [-0.39, 0.29) is 0 Å². The first kappa shape index (κ1) is 37.0. The Hall–Kier alpha value is -1.16. The van der Waals surface area contributed by atoms with Crippen LogP contribution in [-0.4, -0.2) is 24.3 Å². The van der Waals surface area contributed by atoms with Gasteiger partial charge in [-0.05, 0) is 38.0 Å². The van der Waals surface area contributed by atoms with Crippen molar-refractivity contribution in [2.75, 3.05) is 7.11 Å². The third-order valence-electron chi connectivity index (χ3n) is 7.39. The number of nitrogens with two attached hydrogens (primary N) is 1. The van der Waals surface area contributed by atoms with Crippen molar-refractivity contribution in [2.24, 2.45) is 17.6 Å². The van der Waals surface area contributed by atoms with Gasteiger partial charge in [0.1, 0.15) is 12.1 Å². The molecule has 36 heavy (non-hydrogen) atoms. The van der Waals surface area contributed by atoms with Crippen LogP contribution in [0.4, 0.5) is 0 Å². The molecule has 0 bridgehead atoms. The Morgan fingerprint density at radius 1 is 0.750 bits per heavy atom. The summed E-state index contributed by atoms with van der Waals surface area (Å²) in [6, 6.07) is 0. The van der Waals surface area contributed by atoms with Crippen molar-refractivity contribution in [3.8, 4) is 0 Å². The summed E-state index contributed by atoms with van der Waals surface area (Å²) in [6.07, 6.45) is 29.9. The van der Waals surface area contributed by atoms with E-state index < -0.39 is 0 Å². The molecule has 1 aliphatic rings. The molecule has 0 saturated heterocycles. The summed E-state index contributed by atoms with van der Waals surface area (Å²) in [7, 11) is 1.00. The van der Waals surface area contributed by atoms with E-state index in [1.54, 1.807) is 0 Å². The van der Waals surface area contributed by atoms with Crippen LogP contribution in [0.2, 0.25) is 0 Å². The molecular weight excluding hydrogens is 446 g/mol. The van der Waals surface area contributed by atoms with Crippen LogP contribution in [0.25, 0.3) is 0 Å². The number of aliphatic hydroxyl groups excluding tert-OH is 1. The lowest BCUT2D eigenvalue weighted by Gasteiger charge is -2.24. The van der Waals surface area contributed by atoms with Gasteiger partial charge in [0.25, 0.3) is 0 Å². The van der Waals surface area contributed by atoms with Gasteiger partial charge in [-0.25, -0.2) is 0 Å². The second kappa shape index (κ2) is 30.1. The first-order valence-electron chi connectivity index (χ1n) is 15.4. The average molecular weight is 510 g/mol. The third kappa shape index (κ3) is 27.4. The monoisotopic (exact) mass is 509 g/mol. The molecule has 1 saturated carbocycles. The molecule has 0 aliphatic heterocycles. The lowest BCUT2D eigenvalue weighted by atomic mass is 9.80. The molecule has 4 heteroatoms. The summed E-state index contributed by atoms with van der Waals surface area (Å²) in [5.74, 6) is 1.75. The van der Waals surface area contributed by atoms with Crippen LogP contribution < -0.4 is 5.73 Å². The van der Waals surface area contributed by atoms with E-state index in [1.807, 2.05) is 6.92 Å². The topological polar surface area (TPSA) is 80.4 Å². The number of rotatable bonds is 21. The fraction of sp³-hybridized carbons (Fsp3) is 0.875. The molecular formula is C32H63NO3. The van der Waals surface area contributed by atoms with Gasteiger partial charge in [-0.15, -0.1) is 0 Å². The van der Waals surface area contributed by atoms with Crippen molar-refractivity contribution in [1.82, 2.24) is 0 Å². The Bertz CT molecular complexity index is 484. The molecule has 0 amide bonds. The van der Waals surface area contributed by atoms with Crippen molar-refractivity contribution in [2.45, 2.75) is 162 Å². The smallest absolute Gasteiger partial charge is 0.135 e. The van der Waals surface area contributed by atoms with Crippen molar-refractivity contribution < 1.29 is 14.7 Å². The van der Waals surface area contributed by atoms with Crippen LogP contribution in [0, 0.1) is 11.8 Å². The van der Waals surface area contributed by atoms with Gasteiger partial charge >= 0.3 is 0 Å². The highest BCUT2D eigenvalue weighted by atomic mass is 16.2. The molecule has 0 unspecified atom stereocenters. The zero-order chi connectivity index (χ0) is 27.3. The molecule has 0 radical (unpaired) electrons. The average Bonchev–Trinajstić information content (AvgIpc) is 2.89. The fourth-order valence-corrected chi connectivity index (χ4v) is 4.93. The normalized spacial score (nSPS) is 16.8. The third-order valence-corrected chi connectivity index (χ3v) is 7.39. The highest BCUT2D eigenvalue weighted by molar-refractivity contribution is 5.80. The quantitative estimate of drug-likeness (QED) is 0.119. The number of hydrogen-bond acceptors (Lipinski definition) is 4. The van der Waals surface area contributed by atoms with E-state index in [0.29, 0.717) is 11.7 Å². The zero-order valence-electron chi connectivity index (χ0n) is 24.5. The van der Waals surface area contributed by atoms with E-state index in [2.05, 4.69) is 13.5 Å². The molecule has 0 spiro atoms. The molecule has 0 aromatic heterocycles. The number of ketones is 1. The molecule has 1 fully saturated rings. The molecule has 1 rings (SSSR count). The first-order chi connectivity index (χ1) is 17.5. The standard InChI is InChI=1S/C21H41NO.C10H18O.CH4O/c1-21(22)19-17-15-13-11-9-7-5-3-2-4-6-8-10-12-14-16-18-20-23;1-3-10(11)9-6-4-8(2)5-7-9;1-2/h20H,1-19,22H2;8-9H,3-7H2,1-2H3;2H,1H3. The summed E-state index contributed by atoms with van der Waals surface area (Å²) in [5.41, 5.74) is 6.39. The lowest BCUT2D eigenvalue weighted by molar-refractivity contribution is -0.123. The zero-order valence-corrected chi connectivity index (χ0v) is 24.5. The minimum absolute atomic E-state index is 0.413. The Labute approximate surface area is 225 Å². The Kier molecular flexibility index (Phi) is 30.9. The Morgan fingerprint density at radius 3 is 1.44 bits per heavy atom. The van der Waals surface area contributed by atoms with Gasteiger partial charge in [0.15, 0.2) is 0 Å². The summed E-state index contributed by atoms with van der Waals surface area (Å²) in [4.78, 5) is 21.5. The Morgan fingerprint density at radius 2 is 1.11 bits per heavy atom. The highest BCUT2D eigenvalue weighted by Gasteiger charge is 2.22. The number of carbonyl (C=O) groups is 2. The van der Waals surface area contributed by atoms with E-state index in [9.17, 15) is 9.59 Å². The van der Waals surface area contributed by atoms with Crippen LogP contribution in [-0.2, 0) is 9.59 Å². The molecule has 1 aliphatic carbocycles. The number of allylic oxidation sites excluding steroid dienone is 1. The second-order valence-electron chi connectivity index (χ2n) is 10.8. The SMILES string of the molecule is C=C(N)CCCCCCCCCCCCCCCCCCC=O.CCC(=O)C1CCC(C)CC1.CO. The van der Waals surface area contributed by atoms with Crippen molar-refractivity contribution in [3.63, 3.8) is 0 Å². The summed E-state index contributed by atoms with van der Waals surface area (Å²) in [5, 5.41) is 7.00. The predicted molar refractivity (Wildman–Crippen MR) is 157 cm³/mol. The van der Waals surface area contributed by atoms with Crippen LogP contribution >= 0.6 is 0 Å². The first-order valence-corrected chi connectivity index (χ1v) is 15.4. The summed E-state index contributed by atoms with van der Waals surface area (Å²) < 4.78 is 0. The second-order valence-corrected chi connectivity index (χ2v) is 10.8. The van der Waals surface area contributed by atoms with Crippen molar-refractivity contribution in [3.05, 3.63) is 12.3 Å². The highest BCUT2D eigenvalue weighted by Crippen LogP contribution is 2.29. The lowest BCUT2D eigenvalue weighted by Crippen LogP contribution is -2.19. The van der Waals surface area contributed by atoms with Gasteiger partial charge < -0.3 is 15.6 Å². The predicted octanol–water partition coefficient (Wildman–Crippen LogP) is 9.08. The number of carbonyl (C=O) groups excluding carboxylic acids is 2. The number of hydrogen-bond donors (Lipinski definition) is 2. The molecule has 0 heterocycles. The van der Waals surface area contributed by atoms with Crippen molar-refractivity contribution >= 4 is 12.1 Å². The van der Waals surface area contributed by atoms with Gasteiger partial charge in [0, 0.05) is 31.6 Å². The van der Waals surface area contributed by atoms with E-state index in [0.717, 1.165) is 63.5 Å². The van der Waals surface area contributed by atoms with E-state index in [1.165, 1.54) is 109 Å². The van der Waals surface area contributed by atoms with Gasteiger partial charge in [-0.2, -0.15) is 0 Å². The van der Waals surface area contributed by atoms with Gasteiger partial charge in [-0.3, -0.25) is 4.79 Å². The van der Waals surface area contributed by atoms with Crippen LogP contribution in [0.5, 0.6) is 0 Å². The number of Topliss-reactive ketones (excluding diaryl/α,β-unsaturated/α-hetero) is 1. The van der Waals surface area contributed by atoms with Gasteiger partial charge in [-0.1, -0.05) is 123 Å². The van der Waals surface area contributed by atoms with E-state index >= 15 is 0 Å². The maximum absolute atomic E-state index is 11.3. The maximum Gasteiger partial charge on any atom is 0.135 e. The molecule has 0 aromatic rings. The van der Waals surface area contributed by atoms with Crippen LogP contribution in [0.3, 0.4) is 0 Å². The molecule has 4 nitrogen and oxygen atoms in total. The Balaban J connectivity index is 0. The van der Waals surface area contributed by atoms with Gasteiger partial charge in [0.05, 0.1) is 0 Å². The summed E-state index contributed by atoms with van der Waals surface area (Å²) >= 11 is 0. The molecule has 0 atom stereocenters. The van der Waals surface area contributed by atoms with Crippen LogP contribution in [0.15, 0.2) is 12.3 Å². The molecule has 214 valence electrons. The molecule has 0 aromatic carbocycles. The number of unbranched alkanes of at least 4 members (excludes halogenated alkanes) is 16. The van der Waals surface area contributed by atoms with E-state index in [4.69, 9.17) is 10.8 Å². The number of aldehydes is 1. The summed E-state index contributed by atoms with van der Waals surface area (Å²) in [6.45, 7) is 7.99. The minimum Gasteiger partial charge on any atom is -0.403 e. The fourth-order valence-electron chi connectivity index (χ4n) is 4.93.